The third-order valence-electron chi connectivity index (χ3n) is 11.1. The Morgan fingerprint density at radius 1 is 1.17 bits per heavy atom. The molecule has 4 N–H and O–H groups in total. The fourth-order valence-corrected chi connectivity index (χ4v) is 9.41. The normalized spacial score (nSPS) is 47.7. The summed E-state index contributed by atoms with van der Waals surface area (Å²) in [6.45, 7) is 11.8. The van der Waals surface area contributed by atoms with Crippen molar-refractivity contribution in [1.29, 1.82) is 0 Å². The Labute approximate surface area is 216 Å². The summed E-state index contributed by atoms with van der Waals surface area (Å²) >= 11 is 0. The van der Waals surface area contributed by atoms with E-state index in [0.29, 0.717) is 37.0 Å². The molecule has 36 heavy (non-hydrogen) atoms. The highest BCUT2D eigenvalue weighted by Gasteiger charge is 2.70. The van der Waals surface area contributed by atoms with Crippen LogP contribution < -0.4 is 0 Å². The molecule has 4 aliphatic carbocycles. The SMILES string of the molecule is CC(=O)O[C@@H]1C[C@]2(C)[C@@H]([C@H](C)C/C=C/C(C)(C)OO)CC[C@H]2[C@@H]2C[C@@H](O)[C@@]3(O)C[C@@H](O)CC[C@]3(C)[C@H]21. The van der Waals surface area contributed by atoms with E-state index in [-0.39, 0.29) is 35.7 Å². The van der Waals surface area contributed by atoms with Crippen LogP contribution in [0.3, 0.4) is 0 Å². The van der Waals surface area contributed by atoms with E-state index in [9.17, 15) is 20.1 Å². The highest BCUT2D eigenvalue weighted by atomic mass is 17.1. The van der Waals surface area contributed by atoms with Gasteiger partial charge in [0.1, 0.15) is 11.7 Å². The highest BCUT2D eigenvalue weighted by molar-refractivity contribution is 5.66. The van der Waals surface area contributed by atoms with Gasteiger partial charge in [0.25, 0.3) is 0 Å². The van der Waals surface area contributed by atoms with E-state index in [1.54, 1.807) is 0 Å². The van der Waals surface area contributed by atoms with Gasteiger partial charge >= 0.3 is 5.97 Å². The molecule has 4 fully saturated rings. The fourth-order valence-electron chi connectivity index (χ4n) is 9.41. The maximum atomic E-state index is 12.3. The summed E-state index contributed by atoms with van der Waals surface area (Å²) in [6.07, 6.45) is 7.75. The minimum absolute atomic E-state index is 0.0444. The van der Waals surface area contributed by atoms with E-state index in [1.807, 2.05) is 19.9 Å². The molecule has 0 aliphatic heterocycles. The summed E-state index contributed by atoms with van der Waals surface area (Å²) in [7, 11) is 0. The Kier molecular flexibility index (Phi) is 7.50. The molecule has 0 radical (unpaired) electrons. The Hall–Kier alpha value is -0.990. The van der Waals surface area contributed by atoms with Gasteiger partial charge in [0, 0.05) is 24.7 Å². The molecule has 0 aromatic rings. The first-order valence-corrected chi connectivity index (χ1v) is 13.9. The fraction of sp³-hybridized carbons (Fsp3) is 0.897. The number of ether oxygens (including phenoxy) is 1. The lowest BCUT2D eigenvalue weighted by Crippen LogP contribution is -2.71. The smallest absolute Gasteiger partial charge is 0.302 e. The van der Waals surface area contributed by atoms with Gasteiger partial charge in [0.15, 0.2) is 0 Å². The Morgan fingerprint density at radius 2 is 1.86 bits per heavy atom. The molecule has 0 bridgehead atoms. The van der Waals surface area contributed by atoms with Gasteiger partial charge < -0.3 is 20.1 Å². The van der Waals surface area contributed by atoms with Crippen molar-refractivity contribution in [2.75, 3.05) is 0 Å². The molecule has 0 unspecified atom stereocenters. The molecule has 0 amide bonds. The second kappa shape index (κ2) is 9.64. The number of rotatable bonds is 6. The van der Waals surface area contributed by atoms with E-state index < -0.39 is 28.8 Å². The van der Waals surface area contributed by atoms with E-state index in [2.05, 4.69) is 31.7 Å². The molecular weight excluding hydrogens is 460 g/mol. The third-order valence-corrected chi connectivity index (χ3v) is 11.1. The van der Waals surface area contributed by atoms with Crippen LogP contribution in [-0.4, -0.2) is 56.1 Å². The van der Waals surface area contributed by atoms with E-state index in [0.717, 1.165) is 25.7 Å². The molecule has 0 heterocycles. The van der Waals surface area contributed by atoms with Gasteiger partial charge in [-0.2, -0.15) is 0 Å². The van der Waals surface area contributed by atoms with Crippen LogP contribution in [0.4, 0.5) is 0 Å². The van der Waals surface area contributed by atoms with Crippen LogP contribution in [0.25, 0.3) is 0 Å². The van der Waals surface area contributed by atoms with Crippen molar-refractivity contribution in [3.63, 3.8) is 0 Å². The van der Waals surface area contributed by atoms with Crippen LogP contribution in [0.15, 0.2) is 12.2 Å². The van der Waals surface area contributed by atoms with Crippen molar-refractivity contribution in [2.45, 2.75) is 122 Å². The number of allylic oxidation sites excluding steroid dienone is 1. The van der Waals surface area contributed by atoms with E-state index in [1.165, 1.54) is 6.92 Å². The molecule has 4 aliphatic rings. The number of hydrogen-bond acceptors (Lipinski definition) is 7. The molecule has 4 saturated carbocycles. The molecule has 7 heteroatoms. The first kappa shape index (κ1) is 28.0. The quantitative estimate of drug-likeness (QED) is 0.181. The molecular formula is C29H48O7. The Balaban J connectivity index is 1.65. The summed E-state index contributed by atoms with van der Waals surface area (Å²) in [6, 6.07) is 0. The molecule has 11 atom stereocenters. The zero-order chi connectivity index (χ0) is 26.7. The van der Waals surface area contributed by atoms with Crippen LogP contribution in [-0.2, 0) is 14.4 Å². The van der Waals surface area contributed by atoms with Crippen LogP contribution in [0.5, 0.6) is 0 Å². The molecule has 0 saturated heterocycles. The average molecular weight is 509 g/mol. The molecule has 206 valence electrons. The Bertz CT molecular complexity index is 857. The second-order valence-corrected chi connectivity index (χ2v) is 13.6. The lowest BCUT2D eigenvalue weighted by molar-refractivity contribution is -0.297. The lowest BCUT2D eigenvalue weighted by atomic mass is 9.41. The maximum Gasteiger partial charge on any atom is 0.302 e. The predicted molar refractivity (Wildman–Crippen MR) is 136 cm³/mol. The summed E-state index contributed by atoms with van der Waals surface area (Å²) in [4.78, 5) is 16.9. The van der Waals surface area contributed by atoms with Crippen LogP contribution in [0.1, 0.15) is 92.9 Å². The van der Waals surface area contributed by atoms with Gasteiger partial charge in [-0.3, -0.25) is 10.1 Å². The molecule has 7 nitrogen and oxygen atoms in total. The van der Waals surface area contributed by atoms with Crippen LogP contribution >= 0.6 is 0 Å². The standard InChI is InChI=1S/C29H48O7/c1-17(8-7-12-26(3,4)36-34)21-9-10-22-20-14-24(32)29(33)15-19(31)11-13-28(29,6)25(20)23(35-18(2)30)16-27(21,22)5/h7,12,17,19-25,31-34H,8-11,13-16H2,1-6H3/b12-7+/t17-,19+,20+,21-,22+,23-,24-,25-,27-,28-,29+/m1/s1. The first-order chi connectivity index (χ1) is 16.7. The van der Waals surface area contributed by atoms with E-state index in [4.69, 9.17) is 9.99 Å². The average Bonchev–Trinajstić information content (AvgIpc) is 3.12. The van der Waals surface area contributed by atoms with Crippen LogP contribution in [0.2, 0.25) is 0 Å². The van der Waals surface area contributed by atoms with E-state index >= 15 is 0 Å². The number of aliphatic hydroxyl groups is 3. The van der Waals surface area contributed by atoms with Gasteiger partial charge in [0.05, 0.1) is 17.8 Å². The predicted octanol–water partition coefficient (Wildman–Crippen LogP) is 4.48. The lowest BCUT2D eigenvalue weighted by Gasteiger charge is -2.66. The topological polar surface area (TPSA) is 116 Å². The van der Waals surface area contributed by atoms with Gasteiger partial charge in [0.2, 0.25) is 0 Å². The van der Waals surface area contributed by atoms with Crippen molar-refractivity contribution in [3.8, 4) is 0 Å². The summed E-state index contributed by atoms with van der Waals surface area (Å²) in [5.41, 5.74) is -2.77. The zero-order valence-corrected chi connectivity index (χ0v) is 22.9. The first-order valence-electron chi connectivity index (χ1n) is 13.9. The number of carbonyl (C=O) groups is 1. The minimum Gasteiger partial charge on any atom is -0.462 e. The molecule has 4 rings (SSSR count). The second-order valence-electron chi connectivity index (χ2n) is 13.6. The highest BCUT2D eigenvalue weighted by Crippen LogP contribution is 2.69. The molecule has 0 aromatic heterocycles. The van der Waals surface area contributed by atoms with Gasteiger partial charge in [-0.05, 0) is 87.9 Å². The summed E-state index contributed by atoms with van der Waals surface area (Å²) < 4.78 is 6.07. The van der Waals surface area contributed by atoms with Crippen molar-refractivity contribution in [3.05, 3.63) is 12.2 Å². The van der Waals surface area contributed by atoms with Crippen molar-refractivity contribution < 1.29 is 35.0 Å². The van der Waals surface area contributed by atoms with Gasteiger partial charge in [-0.1, -0.05) is 32.9 Å². The molecule has 0 aromatic carbocycles. The summed E-state index contributed by atoms with van der Waals surface area (Å²) in [5, 5.41) is 42.6. The zero-order valence-electron chi connectivity index (χ0n) is 22.9. The van der Waals surface area contributed by atoms with Gasteiger partial charge in [-0.15, -0.1) is 0 Å². The summed E-state index contributed by atoms with van der Waals surface area (Å²) in [5.74, 6) is 1.02. The number of aliphatic hydroxyl groups excluding tert-OH is 2. The minimum atomic E-state index is -1.38. The van der Waals surface area contributed by atoms with Crippen molar-refractivity contribution >= 4 is 5.97 Å². The molecule has 0 spiro atoms. The van der Waals surface area contributed by atoms with Crippen LogP contribution in [0, 0.1) is 40.4 Å². The number of fused-ring (bicyclic) bond motifs is 5. The number of esters is 1. The largest absolute Gasteiger partial charge is 0.462 e. The third kappa shape index (κ3) is 4.47. The number of hydrogen-bond donors (Lipinski definition) is 4. The van der Waals surface area contributed by atoms with Crippen molar-refractivity contribution in [1.82, 2.24) is 0 Å². The monoisotopic (exact) mass is 508 g/mol. The maximum absolute atomic E-state index is 12.3. The number of carbonyl (C=O) groups excluding carboxylic acids is 1. The van der Waals surface area contributed by atoms with Gasteiger partial charge in [-0.25, -0.2) is 4.89 Å². The van der Waals surface area contributed by atoms with Crippen molar-refractivity contribution in [2.24, 2.45) is 40.4 Å². The Morgan fingerprint density at radius 3 is 2.50 bits per heavy atom.